The van der Waals surface area contributed by atoms with E-state index in [4.69, 9.17) is 37.9 Å². The van der Waals surface area contributed by atoms with Crippen molar-refractivity contribution in [1.29, 1.82) is 0 Å². The Bertz CT molecular complexity index is 2050. The lowest BCUT2D eigenvalue weighted by Gasteiger charge is -2.51. The molecule has 17 heteroatoms. The lowest BCUT2D eigenvalue weighted by Crippen LogP contribution is -2.62. The van der Waals surface area contributed by atoms with Crippen molar-refractivity contribution in [3.8, 4) is 17.2 Å². The average molecular weight is 826 g/mol. The molecule has 4 saturated heterocycles. The Hall–Kier alpha value is -4.04. The summed E-state index contributed by atoms with van der Waals surface area (Å²) in [6, 6.07) is 3.08. The number of hydrogen-bond donors (Lipinski definition) is 4. The fourth-order valence-electron chi connectivity index (χ4n) is 9.77. The third kappa shape index (κ3) is 6.93. The van der Waals surface area contributed by atoms with Crippen LogP contribution in [0.1, 0.15) is 115 Å². The van der Waals surface area contributed by atoms with Gasteiger partial charge in [0.25, 0.3) is 0 Å². The van der Waals surface area contributed by atoms with Crippen LogP contribution < -0.4 is 0 Å². The Morgan fingerprint density at radius 3 is 2.19 bits per heavy atom. The van der Waals surface area contributed by atoms with E-state index in [0.29, 0.717) is 6.42 Å². The quantitative estimate of drug-likeness (QED) is 0.198. The highest BCUT2D eigenvalue weighted by molar-refractivity contribution is 6.31. The molecule has 59 heavy (non-hydrogen) atoms. The molecular weight excluding hydrogens is 774 g/mol. The number of hydrogen-bond acceptors (Lipinski definition) is 17. The molecule has 0 amide bonds. The lowest BCUT2D eigenvalue weighted by atomic mass is 9.67. The normalized spacial score (nSPS) is 37.8. The molecule has 320 valence electrons. The van der Waals surface area contributed by atoms with Crippen LogP contribution in [0.15, 0.2) is 18.2 Å². The number of carbonyl (C=O) groups is 4. The van der Waals surface area contributed by atoms with Crippen molar-refractivity contribution < 1.29 is 77.5 Å². The standard InChI is InChI=1S/C42H51NO16/c1-8-42(51)15-27(30-19(34(42)40(50)52-7)11-20-31(36(30)48)37(49)33-23(45)10-9-22(44)32(33)35(20)47)57-28-12-21(43(5)6)38(17(3)53-28)58-29-14-25-39(18(4)54-29)59-41-26(56-25)13-24(46)16(2)55-41/h9-11,16-18,21,25-29,34,38-39,41,44-45,48,51H,8,12-15H2,1-7H3/t16-,17+,18-,21-,25-,26+,27-,28+,29+,34+,38+,39+,41+,42-/m0/s1. The van der Waals surface area contributed by atoms with E-state index in [2.05, 4.69) is 0 Å². The number of aliphatic hydroxyl groups is 1. The van der Waals surface area contributed by atoms with Crippen molar-refractivity contribution in [2.75, 3.05) is 21.2 Å². The second-order valence-corrected chi connectivity index (χ2v) is 16.7. The number of likely N-dealkylation sites (N-methyl/N-ethyl adjacent to an activating group) is 1. The van der Waals surface area contributed by atoms with Crippen LogP contribution in [-0.2, 0) is 47.5 Å². The smallest absolute Gasteiger partial charge is 0.316 e. The van der Waals surface area contributed by atoms with Gasteiger partial charge in [0, 0.05) is 42.9 Å². The fourth-order valence-corrected chi connectivity index (χ4v) is 9.77. The van der Waals surface area contributed by atoms with E-state index in [0.717, 1.165) is 19.2 Å². The minimum absolute atomic E-state index is 0.00735. The van der Waals surface area contributed by atoms with Crippen molar-refractivity contribution in [2.24, 2.45) is 0 Å². The Balaban J connectivity index is 1.07. The number of ether oxygens (including phenoxy) is 8. The molecule has 2 aromatic rings. The number of rotatable bonds is 7. The molecule has 4 N–H and O–H groups in total. The molecule has 0 saturated carbocycles. The number of benzene rings is 2. The minimum atomic E-state index is -1.80. The van der Waals surface area contributed by atoms with Crippen molar-refractivity contribution in [2.45, 2.75) is 145 Å². The molecule has 2 aromatic carbocycles. The molecule has 14 atom stereocenters. The molecule has 8 rings (SSSR count). The van der Waals surface area contributed by atoms with Crippen LogP contribution in [0.5, 0.6) is 17.2 Å². The first kappa shape index (κ1) is 41.7. The molecule has 2 aliphatic carbocycles. The van der Waals surface area contributed by atoms with Gasteiger partial charge in [0.05, 0.1) is 53.8 Å². The van der Waals surface area contributed by atoms with E-state index >= 15 is 0 Å². The lowest BCUT2D eigenvalue weighted by molar-refractivity contribution is -0.371. The Morgan fingerprint density at radius 2 is 1.53 bits per heavy atom. The number of Topliss-reactive ketones (excluding diaryl/α,β-unsaturated/α-hetero) is 1. The van der Waals surface area contributed by atoms with E-state index in [1.54, 1.807) is 13.8 Å². The van der Waals surface area contributed by atoms with Gasteiger partial charge >= 0.3 is 5.97 Å². The average Bonchev–Trinajstić information content (AvgIpc) is 3.18. The zero-order valence-corrected chi connectivity index (χ0v) is 33.9. The number of fused-ring (bicyclic) bond motifs is 5. The van der Waals surface area contributed by atoms with Gasteiger partial charge < -0.3 is 63.2 Å². The SMILES string of the molecule is CC[C@]1(O)C[C@H](O[C@@H]2C[C@H](N(C)C)[C@H](O[C@@H]3C[C@@H]4O[C@@H]5CC(=O)[C@H](C)O[C@@H]5O[C@@H]4[C@H](C)O3)[C@@H](C)O2)c2c(cc3c(c2O)C(=O)c2c(O)ccc(O)c2C3=O)[C@@H]1C(=O)OC. The highest BCUT2D eigenvalue weighted by Gasteiger charge is 2.55. The summed E-state index contributed by atoms with van der Waals surface area (Å²) in [5.41, 5.74) is -3.51. The van der Waals surface area contributed by atoms with Gasteiger partial charge in [-0.15, -0.1) is 0 Å². The summed E-state index contributed by atoms with van der Waals surface area (Å²) in [4.78, 5) is 55.7. The van der Waals surface area contributed by atoms with Crippen molar-refractivity contribution in [3.63, 3.8) is 0 Å². The molecule has 17 nitrogen and oxygen atoms in total. The number of nitrogens with zero attached hydrogens (tertiary/aromatic N) is 1. The number of phenols is 3. The van der Waals surface area contributed by atoms with E-state index in [1.807, 2.05) is 32.8 Å². The predicted molar refractivity (Wildman–Crippen MR) is 201 cm³/mol. The van der Waals surface area contributed by atoms with Gasteiger partial charge in [-0.05, 0) is 65.0 Å². The van der Waals surface area contributed by atoms with E-state index in [9.17, 15) is 39.6 Å². The molecule has 0 radical (unpaired) electrons. The first-order valence-corrected chi connectivity index (χ1v) is 20.1. The zero-order chi connectivity index (χ0) is 42.4. The van der Waals surface area contributed by atoms with Crippen molar-refractivity contribution in [3.05, 3.63) is 51.6 Å². The van der Waals surface area contributed by atoms with Gasteiger partial charge in [-0.1, -0.05) is 6.92 Å². The Morgan fingerprint density at radius 1 is 0.864 bits per heavy atom. The van der Waals surface area contributed by atoms with Gasteiger partial charge in [0.15, 0.2) is 30.4 Å². The first-order valence-electron chi connectivity index (χ1n) is 20.1. The summed E-state index contributed by atoms with van der Waals surface area (Å²) in [7, 11) is 4.92. The van der Waals surface area contributed by atoms with E-state index in [-0.39, 0.29) is 54.2 Å². The van der Waals surface area contributed by atoms with Crippen LogP contribution in [0, 0.1) is 0 Å². The van der Waals surface area contributed by atoms with E-state index in [1.165, 1.54) is 6.07 Å². The Kier molecular flexibility index (Phi) is 10.9. The molecule has 0 spiro atoms. The van der Waals surface area contributed by atoms with Crippen LogP contribution in [0.2, 0.25) is 0 Å². The number of methoxy groups -OCH3 is 1. The molecule has 0 bridgehead atoms. The molecule has 4 aliphatic heterocycles. The summed E-state index contributed by atoms with van der Waals surface area (Å²) in [6.07, 6.45) is -6.48. The maximum atomic E-state index is 14.0. The van der Waals surface area contributed by atoms with Crippen LogP contribution in [0.25, 0.3) is 0 Å². The van der Waals surface area contributed by atoms with Crippen LogP contribution in [0.3, 0.4) is 0 Å². The topological polar surface area (TPSA) is 226 Å². The summed E-state index contributed by atoms with van der Waals surface area (Å²) < 4.78 is 49.5. The largest absolute Gasteiger partial charge is 0.507 e. The van der Waals surface area contributed by atoms with E-state index < -0.39 is 131 Å². The van der Waals surface area contributed by atoms with Crippen molar-refractivity contribution in [1.82, 2.24) is 4.90 Å². The number of ketones is 3. The van der Waals surface area contributed by atoms with Gasteiger partial charge in [0.2, 0.25) is 5.78 Å². The second kappa shape index (κ2) is 15.5. The number of carbonyl (C=O) groups excluding carboxylic acids is 4. The highest BCUT2D eigenvalue weighted by Crippen LogP contribution is 2.54. The van der Waals surface area contributed by atoms with Gasteiger partial charge in [0.1, 0.15) is 47.6 Å². The highest BCUT2D eigenvalue weighted by atomic mass is 16.8. The zero-order valence-electron chi connectivity index (χ0n) is 33.9. The molecular formula is C42H51NO16. The third-order valence-corrected chi connectivity index (χ3v) is 12.9. The molecule has 4 heterocycles. The summed E-state index contributed by atoms with van der Waals surface area (Å²) >= 11 is 0. The Labute approximate surface area is 340 Å². The minimum Gasteiger partial charge on any atom is -0.507 e. The molecule has 6 aliphatic rings. The molecule has 4 fully saturated rings. The summed E-state index contributed by atoms with van der Waals surface area (Å²) in [6.45, 7) is 7.07. The van der Waals surface area contributed by atoms with Gasteiger partial charge in [-0.2, -0.15) is 0 Å². The predicted octanol–water partition coefficient (Wildman–Crippen LogP) is 2.88. The van der Waals surface area contributed by atoms with Crippen LogP contribution >= 0.6 is 0 Å². The van der Waals surface area contributed by atoms with Gasteiger partial charge in [-0.3, -0.25) is 19.2 Å². The maximum Gasteiger partial charge on any atom is 0.316 e. The number of aromatic hydroxyl groups is 3. The second-order valence-electron chi connectivity index (χ2n) is 16.7. The van der Waals surface area contributed by atoms with Crippen molar-refractivity contribution >= 4 is 23.3 Å². The summed E-state index contributed by atoms with van der Waals surface area (Å²) in [5, 5.41) is 45.4. The van der Waals surface area contributed by atoms with Gasteiger partial charge in [-0.25, -0.2) is 0 Å². The molecule has 0 aromatic heterocycles. The van der Waals surface area contributed by atoms with Crippen LogP contribution in [0.4, 0.5) is 0 Å². The fraction of sp³-hybridized carbons (Fsp3) is 0.619. The number of phenolic OH excluding ortho intramolecular Hbond substituents is 3. The maximum absolute atomic E-state index is 14.0. The third-order valence-electron chi connectivity index (χ3n) is 12.9. The monoisotopic (exact) mass is 825 g/mol. The molecule has 0 unspecified atom stereocenters. The first-order chi connectivity index (χ1) is 28.0. The number of esters is 1. The van der Waals surface area contributed by atoms with Crippen LogP contribution in [-0.4, -0.2) is 143 Å². The summed E-state index contributed by atoms with van der Waals surface area (Å²) in [5.74, 6) is -5.88.